The number of benzene rings is 3. The van der Waals surface area contributed by atoms with E-state index in [1.54, 1.807) is 19.2 Å². The molecule has 7 heteroatoms. The van der Waals surface area contributed by atoms with Crippen molar-refractivity contribution in [3.8, 4) is 0 Å². The molecule has 1 saturated heterocycles. The number of fused-ring (bicyclic) bond motifs is 1. The second-order valence-corrected chi connectivity index (χ2v) is 10.1. The Morgan fingerprint density at radius 3 is 2.45 bits per heavy atom. The van der Waals surface area contributed by atoms with Crippen molar-refractivity contribution in [2.24, 2.45) is 5.92 Å². The number of carbonyl (C=O) groups is 1. The summed E-state index contributed by atoms with van der Waals surface area (Å²) in [4.78, 5) is 12.9. The van der Waals surface area contributed by atoms with E-state index in [0.717, 1.165) is 21.9 Å². The molecule has 0 aliphatic carbocycles. The van der Waals surface area contributed by atoms with Gasteiger partial charge in [-0.15, -0.1) is 0 Å². The summed E-state index contributed by atoms with van der Waals surface area (Å²) in [7, 11) is -2.06. The van der Waals surface area contributed by atoms with Gasteiger partial charge in [0.25, 0.3) is 0 Å². The summed E-state index contributed by atoms with van der Waals surface area (Å²) in [5.41, 5.74) is 1.67. The summed E-state index contributed by atoms with van der Waals surface area (Å²) in [5.74, 6) is -0.0675. The van der Waals surface area contributed by atoms with Crippen LogP contribution < -0.4 is 0 Å². The molecule has 0 radical (unpaired) electrons. The molecule has 0 saturated carbocycles. The van der Waals surface area contributed by atoms with Crippen LogP contribution in [-0.2, 0) is 30.9 Å². The Bertz CT molecular complexity index is 1280. The number of hydrogen-bond donors (Lipinski definition) is 0. The Kier molecular flexibility index (Phi) is 6.81. The first-order valence-electron chi connectivity index (χ1n) is 10.9. The predicted molar refractivity (Wildman–Crippen MR) is 128 cm³/mol. The first-order chi connectivity index (χ1) is 15.9. The summed E-state index contributed by atoms with van der Waals surface area (Å²) < 4.78 is 38.4. The molecular formula is C26H27NO5S. The smallest absolute Gasteiger partial charge is 0.309 e. The Labute approximate surface area is 194 Å². The van der Waals surface area contributed by atoms with Gasteiger partial charge in [0.1, 0.15) is 12.4 Å². The van der Waals surface area contributed by atoms with Crippen LogP contribution >= 0.6 is 0 Å². The van der Waals surface area contributed by atoms with Crippen molar-refractivity contribution in [3.05, 3.63) is 84.4 Å². The second kappa shape index (κ2) is 9.77. The molecule has 0 atom stereocenters. The van der Waals surface area contributed by atoms with Crippen LogP contribution in [0.4, 0.5) is 0 Å². The lowest BCUT2D eigenvalue weighted by Crippen LogP contribution is -2.40. The molecule has 172 valence electrons. The molecule has 0 spiro atoms. The van der Waals surface area contributed by atoms with E-state index >= 15 is 0 Å². The third-order valence-corrected chi connectivity index (χ3v) is 7.92. The van der Waals surface area contributed by atoms with Gasteiger partial charge in [0.05, 0.1) is 17.9 Å². The molecule has 0 amide bonds. The number of nitrogens with zero attached hydrogens (tertiary/aromatic N) is 1. The van der Waals surface area contributed by atoms with Crippen molar-refractivity contribution in [3.63, 3.8) is 0 Å². The third-order valence-electron chi connectivity index (χ3n) is 6.02. The summed E-state index contributed by atoms with van der Waals surface area (Å²) in [6.07, 6.45) is 0.873. The first kappa shape index (κ1) is 23.0. The highest BCUT2D eigenvalue weighted by Gasteiger charge is 2.33. The van der Waals surface area contributed by atoms with Gasteiger partial charge in [0, 0.05) is 18.7 Å². The van der Waals surface area contributed by atoms with E-state index < -0.39 is 10.0 Å². The second-order valence-electron chi connectivity index (χ2n) is 8.12. The van der Waals surface area contributed by atoms with E-state index in [2.05, 4.69) is 6.58 Å². The maximum absolute atomic E-state index is 13.1. The largest absolute Gasteiger partial charge is 0.497 e. The van der Waals surface area contributed by atoms with Gasteiger partial charge in [-0.25, -0.2) is 8.42 Å². The Balaban J connectivity index is 1.35. The standard InChI is InChI=1S/C26H27NO5S/c1-19(31-2)23-9-5-6-20(16-23)18-32-26(28)22-12-14-27(15-13-22)33(29,30)25-11-10-21-7-3-4-8-24(21)17-25/h3-11,16-17,22H,1,12-15,18H2,2H3. The SMILES string of the molecule is C=C(OC)c1cccc(COC(=O)C2CCN(S(=O)(=O)c3ccc4ccccc4c3)CC2)c1. The van der Waals surface area contributed by atoms with Gasteiger partial charge in [-0.1, -0.05) is 55.1 Å². The van der Waals surface area contributed by atoms with Crippen LogP contribution in [0.3, 0.4) is 0 Å². The molecule has 0 aromatic heterocycles. The molecule has 6 nitrogen and oxygen atoms in total. The first-order valence-corrected chi connectivity index (χ1v) is 12.3. The number of methoxy groups -OCH3 is 1. The number of piperidine rings is 1. The maximum Gasteiger partial charge on any atom is 0.309 e. The third kappa shape index (κ3) is 5.10. The normalized spacial score (nSPS) is 15.3. The summed E-state index contributed by atoms with van der Waals surface area (Å²) in [6, 6.07) is 20.3. The Morgan fingerprint density at radius 2 is 1.73 bits per heavy atom. The molecule has 33 heavy (non-hydrogen) atoms. The lowest BCUT2D eigenvalue weighted by atomic mass is 9.98. The van der Waals surface area contributed by atoms with Crippen LogP contribution in [-0.4, -0.2) is 38.9 Å². The van der Waals surface area contributed by atoms with Crippen molar-refractivity contribution < 1.29 is 22.7 Å². The Hall–Kier alpha value is -3.16. The average Bonchev–Trinajstić information content (AvgIpc) is 2.86. The lowest BCUT2D eigenvalue weighted by molar-refractivity contribution is -0.151. The van der Waals surface area contributed by atoms with Gasteiger partial charge >= 0.3 is 5.97 Å². The number of hydrogen-bond acceptors (Lipinski definition) is 5. The van der Waals surface area contributed by atoms with Crippen LogP contribution in [0.25, 0.3) is 16.5 Å². The molecule has 4 rings (SSSR count). The highest BCUT2D eigenvalue weighted by atomic mass is 32.2. The van der Waals surface area contributed by atoms with Crippen LogP contribution in [0, 0.1) is 5.92 Å². The van der Waals surface area contributed by atoms with Gasteiger partial charge < -0.3 is 9.47 Å². The molecule has 0 bridgehead atoms. The minimum Gasteiger partial charge on any atom is -0.497 e. The number of carbonyl (C=O) groups excluding carboxylic acids is 1. The average molecular weight is 466 g/mol. The van der Waals surface area contributed by atoms with Gasteiger partial charge in [0.15, 0.2) is 0 Å². The minimum atomic E-state index is -3.61. The van der Waals surface area contributed by atoms with E-state index in [0.29, 0.717) is 18.6 Å². The molecule has 1 aliphatic rings. The van der Waals surface area contributed by atoms with Crippen LogP contribution in [0.1, 0.15) is 24.0 Å². The maximum atomic E-state index is 13.1. The van der Waals surface area contributed by atoms with Gasteiger partial charge in [-0.3, -0.25) is 4.79 Å². The van der Waals surface area contributed by atoms with Gasteiger partial charge in [-0.05, 0) is 47.4 Å². The molecule has 3 aromatic rings. The predicted octanol–water partition coefficient (Wildman–Crippen LogP) is 4.60. The summed E-state index contributed by atoms with van der Waals surface area (Å²) in [6.45, 7) is 4.56. The van der Waals surface area contributed by atoms with Crippen molar-refractivity contribution in [1.29, 1.82) is 0 Å². The molecule has 0 unspecified atom stereocenters. The van der Waals surface area contributed by atoms with Crippen molar-refractivity contribution in [2.45, 2.75) is 24.3 Å². The zero-order valence-corrected chi connectivity index (χ0v) is 19.4. The molecule has 1 fully saturated rings. The minimum absolute atomic E-state index is 0.152. The monoisotopic (exact) mass is 465 g/mol. The lowest BCUT2D eigenvalue weighted by Gasteiger charge is -2.30. The fourth-order valence-electron chi connectivity index (χ4n) is 4.03. The van der Waals surface area contributed by atoms with Crippen molar-refractivity contribution >= 4 is 32.5 Å². The highest BCUT2D eigenvalue weighted by molar-refractivity contribution is 7.89. The molecule has 0 N–H and O–H groups in total. The van der Waals surface area contributed by atoms with E-state index in [1.165, 1.54) is 4.31 Å². The zero-order valence-electron chi connectivity index (χ0n) is 18.6. The van der Waals surface area contributed by atoms with Gasteiger partial charge in [-0.2, -0.15) is 4.31 Å². The number of ether oxygens (including phenoxy) is 2. The number of sulfonamides is 1. The number of rotatable bonds is 7. The summed E-state index contributed by atoms with van der Waals surface area (Å²) >= 11 is 0. The van der Waals surface area contributed by atoms with Crippen LogP contribution in [0.2, 0.25) is 0 Å². The van der Waals surface area contributed by atoms with Crippen LogP contribution in [0.15, 0.2) is 78.2 Å². The quantitative estimate of drug-likeness (QED) is 0.377. The fourth-order valence-corrected chi connectivity index (χ4v) is 5.54. The van der Waals surface area contributed by atoms with Gasteiger partial charge in [0.2, 0.25) is 10.0 Å². The fraction of sp³-hybridized carbons (Fsp3) is 0.269. The molecule has 3 aromatic carbocycles. The van der Waals surface area contributed by atoms with Crippen molar-refractivity contribution in [2.75, 3.05) is 20.2 Å². The summed E-state index contributed by atoms with van der Waals surface area (Å²) in [5, 5.41) is 1.88. The topological polar surface area (TPSA) is 72.9 Å². The Morgan fingerprint density at radius 1 is 1.00 bits per heavy atom. The van der Waals surface area contributed by atoms with E-state index in [4.69, 9.17) is 9.47 Å². The molecular weight excluding hydrogens is 438 g/mol. The molecule has 1 heterocycles. The molecule has 1 aliphatic heterocycles. The van der Waals surface area contributed by atoms with E-state index in [1.807, 2.05) is 54.6 Å². The highest BCUT2D eigenvalue weighted by Crippen LogP contribution is 2.27. The van der Waals surface area contributed by atoms with Crippen LogP contribution in [0.5, 0.6) is 0 Å². The van der Waals surface area contributed by atoms with E-state index in [9.17, 15) is 13.2 Å². The van der Waals surface area contributed by atoms with Crippen molar-refractivity contribution in [1.82, 2.24) is 4.31 Å². The zero-order chi connectivity index (χ0) is 23.4. The van der Waals surface area contributed by atoms with E-state index in [-0.39, 0.29) is 36.5 Å². The number of esters is 1.